The zero-order valence-electron chi connectivity index (χ0n) is 15.0. The topological polar surface area (TPSA) is 120 Å². The standard InChI is InChI=1S/C17H24N6O3/c1-3-4-5-6-13(10-23(26)11-24)16(25)20-22-17-18-15-9-12(2)7-8-14(15)19-21-17/h7-9,11,13,26H,3-6,10H2,1-2H3,(H,20,25)(H,18,21,22)/t13-/m0/s1. The van der Waals surface area contributed by atoms with E-state index >= 15 is 0 Å². The molecule has 1 aromatic carbocycles. The highest BCUT2D eigenvalue weighted by Gasteiger charge is 2.20. The second-order valence-corrected chi connectivity index (χ2v) is 6.16. The van der Waals surface area contributed by atoms with Gasteiger partial charge in [-0.15, -0.1) is 10.2 Å². The summed E-state index contributed by atoms with van der Waals surface area (Å²) in [7, 11) is 0. The molecule has 9 nitrogen and oxygen atoms in total. The first-order valence-electron chi connectivity index (χ1n) is 8.61. The van der Waals surface area contributed by atoms with Gasteiger partial charge < -0.3 is 0 Å². The first-order valence-corrected chi connectivity index (χ1v) is 8.61. The maximum atomic E-state index is 12.4. The lowest BCUT2D eigenvalue weighted by Crippen LogP contribution is -2.40. The van der Waals surface area contributed by atoms with E-state index in [2.05, 4.69) is 33.0 Å². The van der Waals surface area contributed by atoms with Crippen LogP contribution in [0.4, 0.5) is 5.95 Å². The van der Waals surface area contributed by atoms with Crippen LogP contribution in [-0.4, -0.2) is 44.3 Å². The van der Waals surface area contributed by atoms with Crippen LogP contribution in [0.25, 0.3) is 11.0 Å². The third kappa shape index (κ3) is 5.62. The number of carbonyl (C=O) groups excluding carboxylic acids is 2. The highest BCUT2D eigenvalue weighted by atomic mass is 16.5. The molecular formula is C17H24N6O3. The number of hydroxylamine groups is 2. The molecule has 0 radical (unpaired) electrons. The number of aromatic nitrogens is 3. The average molecular weight is 360 g/mol. The molecule has 1 aromatic heterocycles. The number of benzene rings is 1. The molecule has 0 aliphatic rings. The molecule has 1 atom stereocenters. The van der Waals surface area contributed by atoms with E-state index in [1.165, 1.54) is 0 Å². The molecule has 3 N–H and O–H groups in total. The van der Waals surface area contributed by atoms with Crippen molar-refractivity contribution in [3.8, 4) is 0 Å². The molecule has 0 saturated carbocycles. The smallest absolute Gasteiger partial charge is 0.262 e. The normalized spacial score (nSPS) is 11.8. The molecule has 9 heteroatoms. The van der Waals surface area contributed by atoms with Crippen molar-refractivity contribution >= 4 is 29.3 Å². The number of anilines is 1. The summed E-state index contributed by atoms with van der Waals surface area (Å²) < 4.78 is 0. The molecule has 0 aliphatic carbocycles. The number of nitrogens with one attached hydrogen (secondary N) is 2. The lowest BCUT2D eigenvalue weighted by Gasteiger charge is -2.19. The van der Waals surface area contributed by atoms with Crippen LogP contribution >= 0.6 is 0 Å². The SMILES string of the molecule is CCCCC[C@@H](CN(O)C=O)C(=O)NNc1nnc2ccc(C)cc2n1. The van der Waals surface area contributed by atoms with Gasteiger partial charge in [-0.1, -0.05) is 32.3 Å². The highest BCUT2D eigenvalue weighted by Crippen LogP contribution is 2.13. The summed E-state index contributed by atoms with van der Waals surface area (Å²) >= 11 is 0. The van der Waals surface area contributed by atoms with Crippen LogP contribution < -0.4 is 10.9 Å². The molecule has 2 rings (SSSR count). The van der Waals surface area contributed by atoms with Crippen LogP contribution in [0.15, 0.2) is 18.2 Å². The van der Waals surface area contributed by atoms with E-state index in [9.17, 15) is 14.8 Å². The van der Waals surface area contributed by atoms with Crippen molar-refractivity contribution in [1.29, 1.82) is 0 Å². The fraction of sp³-hybridized carbons (Fsp3) is 0.471. The third-order valence-electron chi connectivity index (χ3n) is 3.96. The summed E-state index contributed by atoms with van der Waals surface area (Å²) in [4.78, 5) is 27.3. The first kappa shape index (κ1) is 19.5. The van der Waals surface area contributed by atoms with Gasteiger partial charge >= 0.3 is 0 Å². The van der Waals surface area contributed by atoms with Crippen molar-refractivity contribution in [3.05, 3.63) is 23.8 Å². The van der Waals surface area contributed by atoms with Crippen molar-refractivity contribution in [1.82, 2.24) is 25.7 Å². The molecule has 0 fully saturated rings. The predicted octanol–water partition coefficient (Wildman–Crippen LogP) is 1.82. The number of fused-ring (bicyclic) bond motifs is 1. The Balaban J connectivity index is 1.99. The van der Waals surface area contributed by atoms with Gasteiger partial charge in [-0.3, -0.25) is 25.6 Å². The second kappa shape index (κ2) is 9.62. The molecule has 0 aliphatic heterocycles. The van der Waals surface area contributed by atoms with Gasteiger partial charge in [0.15, 0.2) is 0 Å². The van der Waals surface area contributed by atoms with E-state index in [1.54, 1.807) is 0 Å². The summed E-state index contributed by atoms with van der Waals surface area (Å²) in [5.41, 5.74) is 7.54. The fourth-order valence-electron chi connectivity index (χ4n) is 2.53. The average Bonchev–Trinajstić information content (AvgIpc) is 2.64. The van der Waals surface area contributed by atoms with Crippen LogP contribution in [-0.2, 0) is 9.59 Å². The van der Waals surface area contributed by atoms with E-state index in [0.29, 0.717) is 22.5 Å². The van der Waals surface area contributed by atoms with Gasteiger partial charge in [-0.05, 0) is 31.0 Å². The van der Waals surface area contributed by atoms with Gasteiger partial charge in [-0.2, -0.15) is 0 Å². The Morgan fingerprint density at radius 3 is 2.85 bits per heavy atom. The van der Waals surface area contributed by atoms with Gasteiger partial charge in [0.1, 0.15) is 5.52 Å². The quantitative estimate of drug-likeness (QED) is 0.256. The summed E-state index contributed by atoms with van der Waals surface area (Å²) in [5, 5.41) is 17.8. The van der Waals surface area contributed by atoms with Crippen LogP contribution in [0.3, 0.4) is 0 Å². The van der Waals surface area contributed by atoms with Crippen molar-refractivity contribution in [2.24, 2.45) is 5.92 Å². The Kier molecular flexibility index (Phi) is 7.22. The Morgan fingerprint density at radius 1 is 1.31 bits per heavy atom. The maximum Gasteiger partial charge on any atom is 0.262 e. The predicted molar refractivity (Wildman–Crippen MR) is 96.0 cm³/mol. The van der Waals surface area contributed by atoms with Crippen LogP contribution in [0.2, 0.25) is 0 Å². The zero-order chi connectivity index (χ0) is 18.9. The maximum absolute atomic E-state index is 12.4. The van der Waals surface area contributed by atoms with Gasteiger partial charge in [0.25, 0.3) is 5.95 Å². The summed E-state index contributed by atoms with van der Waals surface area (Å²) in [6, 6.07) is 5.62. The van der Waals surface area contributed by atoms with Crippen molar-refractivity contribution in [2.75, 3.05) is 12.0 Å². The minimum Gasteiger partial charge on any atom is -0.286 e. The molecule has 26 heavy (non-hydrogen) atoms. The lowest BCUT2D eigenvalue weighted by atomic mass is 10.0. The molecule has 0 saturated heterocycles. The summed E-state index contributed by atoms with van der Waals surface area (Å²) in [5.74, 6) is -0.727. The summed E-state index contributed by atoms with van der Waals surface area (Å²) in [6.45, 7) is 3.94. The molecule has 2 amide bonds. The van der Waals surface area contributed by atoms with Gasteiger partial charge in [-0.25, -0.2) is 10.0 Å². The Morgan fingerprint density at radius 2 is 2.12 bits per heavy atom. The highest BCUT2D eigenvalue weighted by molar-refractivity contribution is 5.80. The Hall–Kier alpha value is -2.81. The minimum atomic E-state index is -0.542. The summed E-state index contributed by atoms with van der Waals surface area (Å²) in [6.07, 6.45) is 3.66. The first-order chi connectivity index (χ1) is 12.5. The van der Waals surface area contributed by atoms with Crippen LogP contribution in [0, 0.1) is 12.8 Å². The number of unbranched alkanes of at least 4 members (excludes halogenated alkanes) is 2. The van der Waals surface area contributed by atoms with Crippen molar-refractivity contribution in [3.63, 3.8) is 0 Å². The number of aryl methyl sites for hydroxylation is 1. The number of amides is 2. The van der Waals surface area contributed by atoms with Gasteiger partial charge in [0.2, 0.25) is 12.3 Å². The second-order valence-electron chi connectivity index (χ2n) is 6.16. The monoisotopic (exact) mass is 360 g/mol. The number of nitrogens with zero attached hydrogens (tertiary/aromatic N) is 4. The zero-order valence-corrected chi connectivity index (χ0v) is 15.0. The molecule has 0 spiro atoms. The van der Waals surface area contributed by atoms with E-state index in [-0.39, 0.29) is 24.8 Å². The third-order valence-corrected chi connectivity index (χ3v) is 3.96. The van der Waals surface area contributed by atoms with Crippen molar-refractivity contribution in [2.45, 2.75) is 39.5 Å². The number of hydrogen-bond acceptors (Lipinski definition) is 7. The molecule has 1 heterocycles. The minimum absolute atomic E-state index is 0.0727. The van der Waals surface area contributed by atoms with Gasteiger partial charge in [0.05, 0.1) is 18.0 Å². The van der Waals surface area contributed by atoms with E-state index < -0.39 is 5.92 Å². The largest absolute Gasteiger partial charge is 0.286 e. The number of hydrogen-bond donors (Lipinski definition) is 3. The fourth-order valence-corrected chi connectivity index (χ4v) is 2.53. The van der Waals surface area contributed by atoms with Crippen molar-refractivity contribution < 1.29 is 14.8 Å². The Labute approximate surface area is 151 Å². The van der Waals surface area contributed by atoms with E-state index in [1.807, 2.05) is 25.1 Å². The number of rotatable bonds is 10. The van der Waals surface area contributed by atoms with E-state index in [4.69, 9.17) is 0 Å². The van der Waals surface area contributed by atoms with Crippen LogP contribution in [0.1, 0.15) is 38.2 Å². The molecular weight excluding hydrogens is 336 g/mol. The molecule has 2 aromatic rings. The van der Waals surface area contributed by atoms with Crippen LogP contribution in [0.5, 0.6) is 0 Å². The number of hydrazine groups is 1. The number of carbonyl (C=O) groups is 2. The Bertz CT molecular complexity index is 754. The molecule has 0 unspecified atom stereocenters. The molecule has 140 valence electrons. The van der Waals surface area contributed by atoms with E-state index in [0.717, 1.165) is 24.8 Å². The molecule has 0 bridgehead atoms. The lowest BCUT2D eigenvalue weighted by molar-refractivity contribution is -0.154. The van der Waals surface area contributed by atoms with Gasteiger partial charge in [0, 0.05) is 0 Å².